The minimum atomic E-state index is 0.325. The molecule has 2 aromatic rings. The van der Waals surface area contributed by atoms with Gasteiger partial charge in [0.25, 0.3) is 0 Å². The van der Waals surface area contributed by atoms with Crippen LogP contribution in [-0.2, 0) is 7.05 Å². The fraction of sp³-hybridized carbons (Fsp3) is 0.125. The monoisotopic (exact) mass is 191 g/mol. The Labute approximate surface area is 80.4 Å². The van der Waals surface area contributed by atoms with Crippen LogP contribution in [0.2, 0.25) is 0 Å². The Kier molecular flexibility index (Phi) is 2.02. The van der Waals surface area contributed by atoms with Crippen molar-refractivity contribution in [2.75, 3.05) is 5.73 Å². The van der Waals surface area contributed by atoms with Crippen molar-refractivity contribution in [3.05, 3.63) is 24.8 Å². The van der Waals surface area contributed by atoms with Gasteiger partial charge in [-0.15, -0.1) is 0 Å². The number of anilines is 1. The van der Waals surface area contributed by atoms with Gasteiger partial charge in [-0.25, -0.2) is 0 Å². The molecular weight excluding hydrogens is 182 g/mol. The van der Waals surface area contributed by atoms with Gasteiger partial charge in [0, 0.05) is 7.05 Å². The lowest BCUT2D eigenvalue weighted by Gasteiger charge is -2.00. The molecule has 0 fully saturated rings. The summed E-state index contributed by atoms with van der Waals surface area (Å²) < 4.78 is 6.98. The van der Waals surface area contributed by atoms with Gasteiger partial charge < -0.3 is 10.5 Å². The van der Waals surface area contributed by atoms with E-state index in [1.54, 1.807) is 24.1 Å². The van der Waals surface area contributed by atoms with Crippen LogP contribution in [0.5, 0.6) is 11.6 Å². The van der Waals surface area contributed by atoms with Crippen molar-refractivity contribution in [2.45, 2.75) is 0 Å². The molecule has 0 aromatic carbocycles. The summed E-state index contributed by atoms with van der Waals surface area (Å²) in [4.78, 5) is 7.78. The molecule has 2 aromatic heterocycles. The SMILES string of the molecule is Cn1cc(Oc2cncc(N)n2)cn1. The minimum absolute atomic E-state index is 0.325. The maximum absolute atomic E-state index is 5.44. The molecule has 2 rings (SSSR count). The van der Waals surface area contributed by atoms with Crippen LogP contribution < -0.4 is 10.5 Å². The van der Waals surface area contributed by atoms with Gasteiger partial charge in [-0.05, 0) is 0 Å². The third-order valence-electron chi connectivity index (χ3n) is 1.53. The van der Waals surface area contributed by atoms with Crippen molar-refractivity contribution in [1.82, 2.24) is 19.7 Å². The molecule has 14 heavy (non-hydrogen) atoms. The number of hydrogen-bond acceptors (Lipinski definition) is 5. The molecule has 72 valence electrons. The Balaban J connectivity index is 2.18. The van der Waals surface area contributed by atoms with Crippen LogP contribution >= 0.6 is 0 Å². The Morgan fingerprint density at radius 2 is 2.21 bits per heavy atom. The van der Waals surface area contributed by atoms with Crippen molar-refractivity contribution in [3.63, 3.8) is 0 Å². The molecule has 6 nitrogen and oxygen atoms in total. The fourth-order valence-corrected chi connectivity index (χ4v) is 0.984. The van der Waals surface area contributed by atoms with E-state index < -0.39 is 0 Å². The van der Waals surface area contributed by atoms with E-state index in [1.807, 2.05) is 0 Å². The summed E-state index contributed by atoms with van der Waals surface area (Å²) in [6, 6.07) is 0. The first-order chi connectivity index (χ1) is 6.74. The quantitative estimate of drug-likeness (QED) is 0.751. The van der Waals surface area contributed by atoms with Gasteiger partial charge in [0.05, 0.1) is 24.8 Å². The second kappa shape index (κ2) is 3.33. The summed E-state index contributed by atoms with van der Waals surface area (Å²) in [5.41, 5.74) is 5.44. The number of aromatic nitrogens is 4. The summed E-state index contributed by atoms with van der Waals surface area (Å²) >= 11 is 0. The number of nitrogen functional groups attached to an aromatic ring is 1. The summed E-state index contributed by atoms with van der Waals surface area (Å²) in [6.45, 7) is 0. The van der Waals surface area contributed by atoms with E-state index in [2.05, 4.69) is 15.1 Å². The van der Waals surface area contributed by atoms with Crippen LogP contribution in [0.4, 0.5) is 5.82 Å². The topological polar surface area (TPSA) is 78.9 Å². The lowest BCUT2D eigenvalue weighted by atomic mass is 10.6. The summed E-state index contributed by atoms with van der Waals surface area (Å²) in [6.07, 6.45) is 6.26. The average molecular weight is 191 g/mol. The highest BCUT2D eigenvalue weighted by Gasteiger charge is 2.01. The third-order valence-corrected chi connectivity index (χ3v) is 1.53. The first-order valence-corrected chi connectivity index (χ1v) is 3.98. The predicted octanol–water partition coefficient (Wildman–Crippen LogP) is 0.585. The Morgan fingerprint density at radius 1 is 1.36 bits per heavy atom. The highest BCUT2D eigenvalue weighted by atomic mass is 16.5. The van der Waals surface area contributed by atoms with Crippen LogP contribution in [0.25, 0.3) is 0 Å². The molecule has 2 N–H and O–H groups in total. The zero-order valence-electron chi connectivity index (χ0n) is 7.58. The van der Waals surface area contributed by atoms with E-state index in [0.717, 1.165) is 0 Å². The number of hydrogen-bond donors (Lipinski definition) is 1. The molecule has 0 atom stereocenters. The largest absolute Gasteiger partial charge is 0.434 e. The molecule has 0 spiro atoms. The molecule has 0 unspecified atom stereocenters. The van der Waals surface area contributed by atoms with Gasteiger partial charge in [0.1, 0.15) is 5.82 Å². The number of rotatable bonds is 2. The van der Waals surface area contributed by atoms with Crippen molar-refractivity contribution in [3.8, 4) is 11.6 Å². The molecule has 0 aliphatic rings. The molecule has 6 heteroatoms. The Morgan fingerprint density at radius 3 is 2.86 bits per heavy atom. The van der Waals surface area contributed by atoms with Crippen LogP contribution in [0.1, 0.15) is 0 Å². The van der Waals surface area contributed by atoms with Crippen molar-refractivity contribution in [1.29, 1.82) is 0 Å². The van der Waals surface area contributed by atoms with E-state index >= 15 is 0 Å². The van der Waals surface area contributed by atoms with Crippen molar-refractivity contribution < 1.29 is 4.74 Å². The summed E-state index contributed by atoms with van der Waals surface area (Å²) in [5.74, 6) is 1.29. The zero-order valence-corrected chi connectivity index (χ0v) is 7.58. The van der Waals surface area contributed by atoms with Crippen molar-refractivity contribution in [2.24, 2.45) is 7.05 Å². The van der Waals surface area contributed by atoms with Crippen LogP contribution in [0.15, 0.2) is 24.8 Å². The van der Waals surface area contributed by atoms with Gasteiger partial charge in [-0.3, -0.25) is 9.67 Å². The van der Waals surface area contributed by atoms with Crippen LogP contribution in [-0.4, -0.2) is 19.7 Å². The van der Waals surface area contributed by atoms with Crippen LogP contribution in [0.3, 0.4) is 0 Å². The molecule has 2 heterocycles. The third kappa shape index (κ3) is 1.79. The first kappa shape index (κ1) is 8.49. The number of nitrogens with two attached hydrogens (primary N) is 1. The lowest BCUT2D eigenvalue weighted by Crippen LogP contribution is -1.94. The fourth-order valence-electron chi connectivity index (χ4n) is 0.984. The second-order valence-electron chi connectivity index (χ2n) is 2.73. The smallest absolute Gasteiger partial charge is 0.239 e. The van der Waals surface area contributed by atoms with Gasteiger partial charge in [-0.2, -0.15) is 10.1 Å². The van der Waals surface area contributed by atoms with Gasteiger partial charge >= 0.3 is 0 Å². The van der Waals surface area contributed by atoms with Gasteiger partial charge in [0.2, 0.25) is 5.88 Å². The van der Waals surface area contributed by atoms with Crippen molar-refractivity contribution >= 4 is 5.82 Å². The number of nitrogens with zero attached hydrogens (tertiary/aromatic N) is 4. The lowest BCUT2D eigenvalue weighted by molar-refractivity contribution is 0.460. The highest BCUT2D eigenvalue weighted by Crippen LogP contribution is 2.17. The second-order valence-corrected chi connectivity index (χ2v) is 2.73. The van der Waals surface area contributed by atoms with Crippen LogP contribution in [0, 0.1) is 0 Å². The standard InChI is InChI=1S/C8H9N5O/c1-13-5-6(2-11-13)14-8-4-10-3-7(9)12-8/h2-5H,1H3,(H2,9,12). The number of ether oxygens (including phenoxy) is 1. The molecule has 0 saturated heterocycles. The molecular formula is C8H9N5O. The zero-order chi connectivity index (χ0) is 9.97. The predicted molar refractivity (Wildman–Crippen MR) is 49.7 cm³/mol. The summed E-state index contributed by atoms with van der Waals surface area (Å²) in [5, 5.41) is 3.95. The average Bonchev–Trinajstić information content (AvgIpc) is 2.51. The maximum Gasteiger partial charge on any atom is 0.239 e. The molecule has 0 radical (unpaired) electrons. The van der Waals surface area contributed by atoms with E-state index in [9.17, 15) is 0 Å². The Hall–Kier alpha value is -2.11. The molecule has 0 amide bonds. The molecule has 0 aliphatic carbocycles. The van der Waals surface area contributed by atoms with Gasteiger partial charge in [0.15, 0.2) is 5.75 Å². The minimum Gasteiger partial charge on any atom is -0.434 e. The van der Waals surface area contributed by atoms with E-state index in [0.29, 0.717) is 17.4 Å². The normalized spacial score (nSPS) is 10.1. The Bertz CT molecular complexity index is 439. The van der Waals surface area contributed by atoms with Gasteiger partial charge in [-0.1, -0.05) is 0 Å². The number of aryl methyl sites for hydroxylation is 1. The molecule has 0 bridgehead atoms. The highest BCUT2D eigenvalue weighted by molar-refractivity contribution is 5.28. The summed E-state index contributed by atoms with van der Waals surface area (Å²) in [7, 11) is 1.80. The van der Waals surface area contributed by atoms with E-state index in [-0.39, 0.29) is 0 Å². The molecule has 0 aliphatic heterocycles. The first-order valence-electron chi connectivity index (χ1n) is 3.98. The van der Waals surface area contributed by atoms with E-state index in [4.69, 9.17) is 10.5 Å². The maximum atomic E-state index is 5.44. The van der Waals surface area contributed by atoms with E-state index in [1.165, 1.54) is 12.4 Å². The molecule has 0 saturated carbocycles.